The van der Waals surface area contributed by atoms with E-state index in [0.29, 0.717) is 42.5 Å². The molecule has 1 heterocycles. The Kier molecular flexibility index (Phi) is 6.50. The van der Waals surface area contributed by atoms with E-state index in [1.807, 2.05) is 13.8 Å². The Hall–Kier alpha value is -1.46. The number of rotatable bonds is 2. The minimum absolute atomic E-state index is 0. The van der Waals surface area contributed by atoms with Crippen LogP contribution < -0.4 is 5.73 Å². The van der Waals surface area contributed by atoms with Crippen molar-refractivity contribution in [3.05, 3.63) is 28.8 Å². The van der Waals surface area contributed by atoms with Crippen LogP contribution in [0.15, 0.2) is 18.2 Å². The Morgan fingerprint density at radius 2 is 1.68 bits per heavy atom. The topological polar surface area (TPSA) is 66.6 Å². The molecule has 1 aliphatic rings. The molecule has 22 heavy (non-hydrogen) atoms. The maximum atomic E-state index is 12.4. The van der Waals surface area contributed by atoms with Crippen molar-refractivity contribution in [1.29, 1.82) is 0 Å². The normalized spacial score (nSPS) is 14.7. The van der Waals surface area contributed by atoms with Gasteiger partial charge in [-0.2, -0.15) is 0 Å². The van der Waals surface area contributed by atoms with Crippen LogP contribution in [0.5, 0.6) is 0 Å². The summed E-state index contributed by atoms with van der Waals surface area (Å²) in [6.45, 7) is 5.95. The van der Waals surface area contributed by atoms with E-state index in [-0.39, 0.29) is 30.1 Å². The number of nitrogens with two attached hydrogens (primary N) is 1. The van der Waals surface area contributed by atoms with Gasteiger partial charge in [0.15, 0.2) is 0 Å². The SMILES string of the molecule is CC(C)C(=O)N1CCN(C(=O)c2ccc(N)cc2Cl)CC1.Cl. The first-order valence-corrected chi connectivity index (χ1v) is 7.41. The third-order valence-electron chi connectivity index (χ3n) is 3.60. The summed E-state index contributed by atoms with van der Waals surface area (Å²) in [5.41, 5.74) is 6.62. The van der Waals surface area contributed by atoms with Crippen LogP contribution in [0.4, 0.5) is 5.69 Å². The van der Waals surface area contributed by atoms with Crippen LogP contribution in [0.25, 0.3) is 0 Å². The summed E-state index contributed by atoms with van der Waals surface area (Å²) < 4.78 is 0. The minimum Gasteiger partial charge on any atom is -0.399 e. The van der Waals surface area contributed by atoms with Gasteiger partial charge in [-0.1, -0.05) is 25.4 Å². The van der Waals surface area contributed by atoms with Crippen LogP contribution in [0, 0.1) is 5.92 Å². The van der Waals surface area contributed by atoms with E-state index in [1.54, 1.807) is 28.0 Å². The molecule has 122 valence electrons. The zero-order valence-electron chi connectivity index (χ0n) is 12.7. The smallest absolute Gasteiger partial charge is 0.255 e. The number of benzene rings is 1. The van der Waals surface area contributed by atoms with Crippen LogP contribution in [-0.2, 0) is 4.79 Å². The fourth-order valence-electron chi connectivity index (χ4n) is 2.37. The molecule has 0 atom stereocenters. The van der Waals surface area contributed by atoms with Crippen LogP contribution in [0.2, 0.25) is 5.02 Å². The average Bonchev–Trinajstić information content (AvgIpc) is 2.46. The number of hydrogen-bond acceptors (Lipinski definition) is 3. The van der Waals surface area contributed by atoms with Gasteiger partial charge in [-0.3, -0.25) is 9.59 Å². The molecule has 0 unspecified atom stereocenters. The summed E-state index contributed by atoms with van der Waals surface area (Å²) in [6, 6.07) is 4.89. The summed E-state index contributed by atoms with van der Waals surface area (Å²) in [6.07, 6.45) is 0. The van der Waals surface area contributed by atoms with E-state index in [0.717, 1.165) is 0 Å². The van der Waals surface area contributed by atoms with Gasteiger partial charge in [-0.05, 0) is 18.2 Å². The van der Waals surface area contributed by atoms with Crippen molar-refractivity contribution < 1.29 is 9.59 Å². The lowest BCUT2D eigenvalue weighted by atomic mass is 10.1. The molecule has 5 nitrogen and oxygen atoms in total. The number of nitrogen functional groups attached to an aromatic ring is 1. The van der Waals surface area contributed by atoms with Crippen LogP contribution in [0.3, 0.4) is 0 Å². The van der Waals surface area contributed by atoms with E-state index in [1.165, 1.54) is 0 Å². The van der Waals surface area contributed by atoms with Gasteiger partial charge in [0.05, 0.1) is 10.6 Å². The molecule has 0 radical (unpaired) electrons. The lowest BCUT2D eigenvalue weighted by Gasteiger charge is -2.35. The fourth-order valence-corrected chi connectivity index (χ4v) is 2.64. The van der Waals surface area contributed by atoms with Crippen LogP contribution >= 0.6 is 24.0 Å². The van der Waals surface area contributed by atoms with Crippen molar-refractivity contribution in [2.45, 2.75) is 13.8 Å². The van der Waals surface area contributed by atoms with Gasteiger partial charge in [0.2, 0.25) is 5.91 Å². The first kappa shape index (κ1) is 18.6. The maximum Gasteiger partial charge on any atom is 0.255 e. The van der Waals surface area contributed by atoms with Crippen LogP contribution in [0.1, 0.15) is 24.2 Å². The molecule has 7 heteroatoms. The molecule has 2 N–H and O–H groups in total. The Morgan fingerprint density at radius 3 is 2.18 bits per heavy atom. The second kappa shape index (κ2) is 7.70. The van der Waals surface area contributed by atoms with Gasteiger partial charge in [-0.25, -0.2) is 0 Å². The number of carbonyl (C=O) groups is 2. The molecule has 2 rings (SSSR count). The summed E-state index contributed by atoms with van der Waals surface area (Å²) in [7, 11) is 0. The van der Waals surface area contributed by atoms with E-state index in [2.05, 4.69) is 0 Å². The lowest BCUT2D eigenvalue weighted by molar-refractivity contribution is -0.135. The molecule has 0 saturated carbocycles. The number of hydrogen-bond donors (Lipinski definition) is 1. The highest BCUT2D eigenvalue weighted by atomic mass is 35.5. The second-order valence-corrected chi connectivity index (χ2v) is 5.92. The number of amides is 2. The quantitative estimate of drug-likeness (QED) is 0.836. The summed E-state index contributed by atoms with van der Waals surface area (Å²) in [5, 5.41) is 0.362. The molecule has 1 aromatic carbocycles. The fraction of sp³-hybridized carbons (Fsp3) is 0.467. The molecular formula is C15H21Cl2N3O2. The van der Waals surface area contributed by atoms with E-state index >= 15 is 0 Å². The Bertz CT molecular complexity index is 556. The minimum atomic E-state index is -0.114. The molecule has 1 aliphatic heterocycles. The molecule has 1 aromatic rings. The number of carbonyl (C=O) groups excluding carboxylic acids is 2. The van der Waals surface area contributed by atoms with Gasteiger partial charge in [0, 0.05) is 37.8 Å². The Labute approximate surface area is 141 Å². The van der Waals surface area contributed by atoms with Crippen molar-refractivity contribution in [2.75, 3.05) is 31.9 Å². The van der Waals surface area contributed by atoms with Crippen molar-refractivity contribution >= 4 is 41.5 Å². The predicted octanol–water partition coefficient (Wildman–Crippen LogP) is 2.28. The van der Waals surface area contributed by atoms with Crippen molar-refractivity contribution in [3.8, 4) is 0 Å². The average molecular weight is 346 g/mol. The van der Waals surface area contributed by atoms with Gasteiger partial charge in [-0.15, -0.1) is 12.4 Å². The standard InChI is InChI=1S/C15H20ClN3O2.ClH/c1-10(2)14(20)18-5-7-19(8-6-18)15(21)12-4-3-11(17)9-13(12)16;/h3-4,9-10H,5-8,17H2,1-2H3;1H. The van der Waals surface area contributed by atoms with Crippen LogP contribution in [-0.4, -0.2) is 47.8 Å². The number of anilines is 1. The highest BCUT2D eigenvalue weighted by molar-refractivity contribution is 6.34. The molecule has 2 amide bonds. The number of nitrogens with zero attached hydrogens (tertiary/aromatic N) is 2. The molecule has 0 bridgehead atoms. The molecule has 0 aliphatic carbocycles. The Balaban J connectivity index is 0.00000242. The van der Waals surface area contributed by atoms with Crippen molar-refractivity contribution in [3.63, 3.8) is 0 Å². The van der Waals surface area contributed by atoms with E-state index in [4.69, 9.17) is 17.3 Å². The molecule has 0 spiro atoms. The zero-order chi connectivity index (χ0) is 15.6. The van der Waals surface area contributed by atoms with Gasteiger partial charge in [0.1, 0.15) is 0 Å². The van der Waals surface area contributed by atoms with Gasteiger partial charge < -0.3 is 15.5 Å². The third-order valence-corrected chi connectivity index (χ3v) is 3.91. The Morgan fingerprint density at radius 1 is 1.14 bits per heavy atom. The highest BCUT2D eigenvalue weighted by Gasteiger charge is 2.26. The van der Waals surface area contributed by atoms with E-state index in [9.17, 15) is 9.59 Å². The number of piperazine rings is 1. The first-order chi connectivity index (χ1) is 9.90. The summed E-state index contributed by atoms with van der Waals surface area (Å²) in [5.74, 6) is 0.00283. The highest BCUT2D eigenvalue weighted by Crippen LogP contribution is 2.21. The lowest BCUT2D eigenvalue weighted by Crippen LogP contribution is -2.51. The molecule has 1 saturated heterocycles. The summed E-state index contributed by atoms with van der Waals surface area (Å²) in [4.78, 5) is 27.9. The van der Waals surface area contributed by atoms with Gasteiger partial charge >= 0.3 is 0 Å². The first-order valence-electron chi connectivity index (χ1n) is 7.03. The largest absolute Gasteiger partial charge is 0.399 e. The monoisotopic (exact) mass is 345 g/mol. The molecule has 1 fully saturated rings. The third kappa shape index (κ3) is 4.05. The van der Waals surface area contributed by atoms with E-state index < -0.39 is 0 Å². The molecular weight excluding hydrogens is 325 g/mol. The second-order valence-electron chi connectivity index (χ2n) is 5.51. The zero-order valence-corrected chi connectivity index (χ0v) is 14.3. The summed E-state index contributed by atoms with van der Waals surface area (Å²) >= 11 is 6.07. The molecule has 0 aromatic heterocycles. The van der Waals surface area contributed by atoms with Crippen molar-refractivity contribution in [2.24, 2.45) is 5.92 Å². The predicted molar refractivity (Wildman–Crippen MR) is 90.4 cm³/mol. The number of halogens is 2. The van der Waals surface area contributed by atoms with Crippen molar-refractivity contribution in [1.82, 2.24) is 9.80 Å². The van der Waals surface area contributed by atoms with Gasteiger partial charge in [0.25, 0.3) is 5.91 Å². The maximum absolute atomic E-state index is 12.4.